The maximum absolute atomic E-state index is 12.3. The first-order chi connectivity index (χ1) is 10.8. The van der Waals surface area contributed by atoms with Crippen molar-refractivity contribution >= 4 is 5.91 Å². The van der Waals surface area contributed by atoms with E-state index in [-0.39, 0.29) is 23.7 Å². The Hall–Kier alpha value is -1.90. The number of hydrogen-bond acceptors (Lipinski definition) is 4. The van der Waals surface area contributed by atoms with Gasteiger partial charge in [-0.1, -0.05) is 6.07 Å². The van der Waals surface area contributed by atoms with Crippen molar-refractivity contribution in [3.8, 4) is 6.07 Å². The van der Waals surface area contributed by atoms with Crippen LogP contribution in [0.3, 0.4) is 0 Å². The molecule has 0 aromatic heterocycles. The zero-order chi connectivity index (χ0) is 17.0. The molecule has 2 rings (SSSR count). The van der Waals surface area contributed by atoms with Crippen LogP contribution in [0.4, 0.5) is 0 Å². The van der Waals surface area contributed by atoms with Crippen molar-refractivity contribution in [2.75, 3.05) is 19.6 Å². The molecule has 1 aliphatic rings. The highest BCUT2D eigenvalue weighted by atomic mass is 16.5. The lowest BCUT2D eigenvalue weighted by atomic mass is 9.99. The summed E-state index contributed by atoms with van der Waals surface area (Å²) in [4.78, 5) is 14.7. The molecule has 5 nitrogen and oxygen atoms in total. The molecule has 1 N–H and O–H groups in total. The van der Waals surface area contributed by atoms with Gasteiger partial charge < -0.3 is 10.1 Å². The van der Waals surface area contributed by atoms with E-state index in [1.165, 1.54) is 0 Å². The van der Waals surface area contributed by atoms with Crippen molar-refractivity contribution in [1.29, 1.82) is 5.26 Å². The van der Waals surface area contributed by atoms with Gasteiger partial charge in [0.25, 0.3) is 5.91 Å². The predicted octanol–water partition coefficient (Wildman–Crippen LogP) is 2.18. The van der Waals surface area contributed by atoms with Gasteiger partial charge in [-0.05, 0) is 45.9 Å². The molecule has 124 valence electrons. The lowest BCUT2D eigenvalue weighted by Gasteiger charge is -2.45. The first kappa shape index (κ1) is 17.5. The third kappa shape index (κ3) is 4.54. The number of rotatable bonds is 4. The Morgan fingerprint density at radius 1 is 1.39 bits per heavy atom. The van der Waals surface area contributed by atoms with Crippen LogP contribution in [0.25, 0.3) is 0 Å². The van der Waals surface area contributed by atoms with E-state index in [0.29, 0.717) is 17.7 Å². The van der Waals surface area contributed by atoms with Gasteiger partial charge in [-0.3, -0.25) is 9.69 Å². The van der Waals surface area contributed by atoms with Gasteiger partial charge >= 0.3 is 0 Å². The minimum Gasteiger partial charge on any atom is -0.373 e. The number of amides is 1. The second kappa shape index (κ2) is 7.12. The molecular formula is C18H25N3O2. The molecular weight excluding hydrogens is 290 g/mol. The molecule has 5 heteroatoms. The van der Waals surface area contributed by atoms with E-state index in [1.54, 1.807) is 24.3 Å². The van der Waals surface area contributed by atoms with Crippen molar-refractivity contribution in [2.24, 2.45) is 0 Å². The fourth-order valence-corrected chi connectivity index (χ4v) is 2.91. The highest BCUT2D eigenvalue weighted by molar-refractivity contribution is 5.94. The van der Waals surface area contributed by atoms with E-state index >= 15 is 0 Å². The zero-order valence-corrected chi connectivity index (χ0v) is 14.3. The molecule has 1 aromatic rings. The van der Waals surface area contributed by atoms with Gasteiger partial charge in [0.1, 0.15) is 0 Å². The van der Waals surface area contributed by atoms with Crippen molar-refractivity contribution < 1.29 is 9.53 Å². The lowest BCUT2D eigenvalue weighted by Crippen LogP contribution is -2.58. The van der Waals surface area contributed by atoms with E-state index in [0.717, 1.165) is 13.1 Å². The zero-order valence-electron chi connectivity index (χ0n) is 14.3. The van der Waals surface area contributed by atoms with Crippen LogP contribution in [0, 0.1) is 11.3 Å². The standard InChI is InChI=1S/C18H25N3O2/c1-13-10-21(11-14(2)23-13)18(3,4)12-20-17(22)16-7-5-6-15(8-16)9-19/h5-8,13-14H,10-12H2,1-4H3,(H,20,22)/t13-,14+. The van der Waals surface area contributed by atoms with E-state index in [4.69, 9.17) is 10.00 Å². The van der Waals surface area contributed by atoms with Crippen molar-refractivity contribution in [2.45, 2.75) is 45.4 Å². The maximum Gasteiger partial charge on any atom is 0.251 e. The molecule has 0 aliphatic carbocycles. The molecule has 23 heavy (non-hydrogen) atoms. The van der Waals surface area contributed by atoms with Gasteiger partial charge in [0.05, 0.1) is 23.8 Å². The number of carbonyl (C=O) groups is 1. The average molecular weight is 315 g/mol. The van der Waals surface area contributed by atoms with Gasteiger partial charge in [0, 0.05) is 30.7 Å². The largest absolute Gasteiger partial charge is 0.373 e. The van der Waals surface area contributed by atoms with Crippen LogP contribution in [0.15, 0.2) is 24.3 Å². The molecule has 2 atom stereocenters. The number of morpholine rings is 1. The summed E-state index contributed by atoms with van der Waals surface area (Å²) < 4.78 is 5.77. The summed E-state index contributed by atoms with van der Waals surface area (Å²) in [6.45, 7) is 10.7. The topological polar surface area (TPSA) is 65.4 Å². The first-order valence-electron chi connectivity index (χ1n) is 8.00. The van der Waals surface area contributed by atoms with Crippen LogP contribution in [0.5, 0.6) is 0 Å². The Morgan fingerprint density at radius 2 is 2.04 bits per heavy atom. The number of nitriles is 1. The van der Waals surface area contributed by atoms with Crippen LogP contribution in [-0.4, -0.2) is 48.2 Å². The third-order valence-electron chi connectivity index (χ3n) is 4.21. The minimum absolute atomic E-state index is 0.149. The van der Waals surface area contributed by atoms with Crippen molar-refractivity contribution in [1.82, 2.24) is 10.2 Å². The predicted molar refractivity (Wildman–Crippen MR) is 89.2 cm³/mol. The summed E-state index contributed by atoms with van der Waals surface area (Å²) in [5.41, 5.74) is 0.853. The molecule has 0 bridgehead atoms. The number of nitrogens with zero attached hydrogens (tertiary/aromatic N) is 2. The van der Waals surface area contributed by atoms with Crippen molar-refractivity contribution in [3.05, 3.63) is 35.4 Å². The van der Waals surface area contributed by atoms with Crippen LogP contribution in [0.2, 0.25) is 0 Å². The molecule has 0 saturated carbocycles. The Labute approximate surface area is 138 Å². The van der Waals surface area contributed by atoms with E-state index in [2.05, 4.69) is 44.0 Å². The molecule has 0 radical (unpaired) electrons. The fourth-order valence-electron chi connectivity index (χ4n) is 2.91. The average Bonchev–Trinajstić information content (AvgIpc) is 2.52. The minimum atomic E-state index is -0.158. The molecule has 1 heterocycles. The summed E-state index contributed by atoms with van der Waals surface area (Å²) in [6.07, 6.45) is 0.391. The molecule has 1 aliphatic heterocycles. The number of nitrogens with one attached hydrogen (secondary N) is 1. The van der Waals surface area contributed by atoms with Gasteiger partial charge in [0.15, 0.2) is 0 Å². The van der Waals surface area contributed by atoms with E-state index in [9.17, 15) is 4.79 Å². The maximum atomic E-state index is 12.3. The summed E-state index contributed by atoms with van der Waals surface area (Å²) in [5.74, 6) is -0.149. The normalized spacial score (nSPS) is 22.4. The number of hydrogen-bond donors (Lipinski definition) is 1. The number of carbonyl (C=O) groups excluding carboxylic acids is 1. The van der Waals surface area contributed by atoms with Crippen LogP contribution < -0.4 is 5.32 Å². The molecule has 1 aromatic carbocycles. The summed E-state index contributed by atoms with van der Waals surface area (Å²) in [5, 5.41) is 11.9. The van der Waals surface area contributed by atoms with Crippen LogP contribution >= 0.6 is 0 Å². The second-order valence-electron chi connectivity index (χ2n) is 6.85. The summed E-state index contributed by atoms with van der Waals surface area (Å²) in [7, 11) is 0. The number of benzene rings is 1. The quantitative estimate of drug-likeness (QED) is 0.925. The molecule has 0 unspecified atom stereocenters. The Kier molecular flexibility index (Phi) is 5.40. The monoisotopic (exact) mass is 315 g/mol. The van der Waals surface area contributed by atoms with Gasteiger partial charge in [-0.15, -0.1) is 0 Å². The highest BCUT2D eigenvalue weighted by Gasteiger charge is 2.33. The Bertz CT molecular complexity index is 597. The number of ether oxygens (including phenoxy) is 1. The fraction of sp³-hybridized carbons (Fsp3) is 0.556. The van der Waals surface area contributed by atoms with Crippen molar-refractivity contribution in [3.63, 3.8) is 0 Å². The van der Waals surface area contributed by atoms with Gasteiger partial charge in [-0.25, -0.2) is 0 Å². The third-order valence-corrected chi connectivity index (χ3v) is 4.21. The van der Waals surface area contributed by atoms with Gasteiger partial charge in [-0.2, -0.15) is 5.26 Å². The molecule has 1 saturated heterocycles. The Morgan fingerprint density at radius 3 is 2.65 bits per heavy atom. The summed E-state index contributed by atoms with van der Waals surface area (Å²) >= 11 is 0. The van der Waals surface area contributed by atoms with Crippen LogP contribution in [0.1, 0.15) is 43.6 Å². The molecule has 1 amide bonds. The molecule has 0 spiro atoms. The second-order valence-corrected chi connectivity index (χ2v) is 6.85. The smallest absolute Gasteiger partial charge is 0.251 e. The SMILES string of the molecule is C[C@@H]1CN(C(C)(C)CNC(=O)c2cccc(C#N)c2)C[C@H](C)O1. The van der Waals surface area contributed by atoms with E-state index < -0.39 is 0 Å². The molecule has 1 fully saturated rings. The highest BCUT2D eigenvalue weighted by Crippen LogP contribution is 2.20. The lowest BCUT2D eigenvalue weighted by molar-refractivity contribution is -0.0948. The first-order valence-corrected chi connectivity index (χ1v) is 8.00. The van der Waals surface area contributed by atoms with Crippen LogP contribution in [-0.2, 0) is 4.74 Å². The summed E-state index contributed by atoms with van der Waals surface area (Å²) in [6, 6.07) is 8.81. The van der Waals surface area contributed by atoms with E-state index in [1.807, 2.05) is 0 Å². The van der Waals surface area contributed by atoms with Gasteiger partial charge in [0.2, 0.25) is 0 Å². The Balaban J connectivity index is 1.98.